The number of hydroxylamine groups is 1. The number of carbonyl (C=O) groups is 1. The zero-order chi connectivity index (χ0) is 21.3. The van der Waals surface area contributed by atoms with E-state index >= 15 is 0 Å². The lowest BCUT2D eigenvalue weighted by atomic mass is 10.1. The molecule has 0 bridgehead atoms. The molecular formula is C23H26N2O5. The van der Waals surface area contributed by atoms with Gasteiger partial charge in [0.2, 0.25) is 0 Å². The van der Waals surface area contributed by atoms with Crippen molar-refractivity contribution in [2.24, 2.45) is 0 Å². The molecule has 0 saturated heterocycles. The third kappa shape index (κ3) is 5.40. The second-order valence-corrected chi connectivity index (χ2v) is 6.65. The summed E-state index contributed by atoms with van der Waals surface area (Å²) in [5, 5.41) is 12.1. The first-order chi connectivity index (χ1) is 14.6. The molecule has 3 N–H and O–H groups in total. The fourth-order valence-electron chi connectivity index (χ4n) is 3.06. The van der Waals surface area contributed by atoms with Crippen molar-refractivity contribution >= 4 is 5.91 Å². The minimum Gasteiger partial charge on any atom is -0.493 e. The Balaban J connectivity index is 1.50. The van der Waals surface area contributed by atoms with Crippen molar-refractivity contribution in [1.29, 1.82) is 0 Å². The smallest absolute Gasteiger partial charge is 0.310 e. The van der Waals surface area contributed by atoms with Gasteiger partial charge in [0.1, 0.15) is 5.76 Å². The summed E-state index contributed by atoms with van der Waals surface area (Å²) in [7, 11) is 1.65. The van der Waals surface area contributed by atoms with Gasteiger partial charge in [0.25, 0.3) is 0 Å². The molecule has 30 heavy (non-hydrogen) atoms. The first-order valence-corrected chi connectivity index (χ1v) is 9.78. The summed E-state index contributed by atoms with van der Waals surface area (Å²) in [5.41, 5.74) is 4.74. The van der Waals surface area contributed by atoms with Crippen LogP contribution in [-0.4, -0.2) is 31.4 Å². The van der Waals surface area contributed by atoms with Gasteiger partial charge < -0.3 is 19.2 Å². The van der Waals surface area contributed by atoms with Crippen molar-refractivity contribution in [3.8, 4) is 22.8 Å². The molecule has 158 valence electrons. The molecule has 0 unspecified atom stereocenters. The quantitative estimate of drug-likeness (QED) is 0.267. The van der Waals surface area contributed by atoms with Crippen LogP contribution in [0.25, 0.3) is 11.3 Å². The largest absolute Gasteiger partial charge is 0.493 e. The average molecular weight is 410 g/mol. The van der Waals surface area contributed by atoms with Crippen molar-refractivity contribution in [1.82, 2.24) is 10.8 Å². The highest BCUT2D eigenvalue weighted by Gasteiger charge is 2.11. The second-order valence-electron chi connectivity index (χ2n) is 6.65. The highest BCUT2D eigenvalue weighted by atomic mass is 16.5. The van der Waals surface area contributed by atoms with E-state index in [2.05, 4.69) is 11.4 Å². The molecule has 1 heterocycles. The van der Waals surface area contributed by atoms with Gasteiger partial charge >= 0.3 is 5.91 Å². The third-order valence-corrected chi connectivity index (χ3v) is 4.62. The maximum absolute atomic E-state index is 11.4. The molecule has 2 aromatic carbocycles. The van der Waals surface area contributed by atoms with Crippen LogP contribution in [0.3, 0.4) is 0 Å². The molecule has 7 heteroatoms. The molecule has 0 atom stereocenters. The van der Waals surface area contributed by atoms with Crippen molar-refractivity contribution < 1.29 is 23.9 Å². The van der Waals surface area contributed by atoms with Gasteiger partial charge in [-0.1, -0.05) is 30.3 Å². The topological polar surface area (TPSA) is 93.0 Å². The van der Waals surface area contributed by atoms with E-state index in [-0.39, 0.29) is 5.76 Å². The number of rotatable bonds is 10. The zero-order valence-corrected chi connectivity index (χ0v) is 17.1. The van der Waals surface area contributed by atoms with Crippen LogP contribution in [0.1, 0.15) is 28.6 Å². The van der Waals surface area contributed by atoms with Crippen LogP contribution in [-0.2, 0) is 13.0 Å². The van der Waals surface area contributed by atoms with Gasteiger partial charge in [0.15, 0.2) is 17.3 Å². The van der Waals surface area contributed by atoms with Gasteiger partial charge in [-0.05, 0) is 55.3 Å². The monoisotopic (exact) mass is 410 g/mol. The van der Waals surface area contributed by atoms with Crippen LogP contribution in [0.5, 0.6) is 11.5 Å². The van der Waals surface area contributed by atoms with E-state index in [9.17, 15) is 4.79 Å². The van der Waals surface area contributed by atoms with E-state index in [1.807, 2.05) is 43.3 Å². The molecule has 3 aromatic rings. The Morgan fingerprint density at radius 1 is 1.03 bits per heavy atom. The van der Waals surface area contributed by atoms with Crippen molar-refractivity contribution in [2.45, 2.75) is 19.9 Å². The standard InChI is InChI=1S/C23H26N2O5/c1-3-29-20-9-6-16(14-22(20)28-2)12-13-24-15-17-4-7-18(8-5-17)19-10-11-21(30-19)23(26)25-27/h4-11,14,24,27H,3,12-13,15H2,1-2H3,(H,25,26). The van der Waals surface area contributed by atoms with Crippen LogP contribution in [0.15, 0.2) is 59.0 Å². The van der Waals surface area contributed by atoms with E-state index in [0.29, 0.717) is 12.4 Å². The number of carbonyl (C=O) groups excluding carboxylic acids is 1. The van der Waals surface area contributed by atoms with Crippen LogP contribution in [0, 0.1) is 0 Å². The number of hydrogen-bond acceptors (Lipinski definition) is 6. The lowest BCUT2D eigenvalue weighted by Gasteiger charge is -2.11. The second kappa shape index (κ2) is 10.5. The first-order valence-electron chi connectivity index (χ1n) is 9.78. The molecular weight excluding hydrogens is 384 g/mol. The van der Waals surface area contributed by atoms with Crippen molar-refractivity contribution in [3.05, 3.63) is 71.5 Å². The summed E-state index contributed by atoms with van der Waals surface area (Å²) in [6, 6.07) is 17.1. The molecule has 7 nitrogen and oxygen atoms in total. The van der Waals surface area contributed by atoms with Gasteiger partial charge in [0.05, 0.1) is 13.7 Å². The summed E-state index contributed by atoms with van der Waals surface area (Å²) in [6.45, 7) is 4.13. The third-order valence-electron chi connectivity index (χ3n) is 4.62. The maximum Gasteiger partial charge on any atom is 0.310 e. The van der Waals surface area contributed by atoms with Crippen LogP contribution < -0.4 is 20.3 Å². The number of ether oxygens (including phenoxy) is 2. The Kier molecular flexibility index (Phi) is 7.48. The molecule has 0 aliphatic rings. The Morgan fingerprint density at radius 2 is 1.80 bits per heavy atom. The summed E-state index contributed by atoms with van der Waals surface area (Å²) in [6.07, 6.45) is 0.878. The SMILES string of the molecule is CCOc1ccc(CCNCc2ccc(-c3ccc(C(=O)NO)o3)cc2)cc1OC. The molecule has 0 aliphatic heterocycles. The van der Waals surface area contributed by atoms with Crippen molar-refractivity contribution in [3.63, 3.8) is 0 Å². The Bertz CT molecular complexity index is 966. The highest BCUT2D eigenvalue weighted by Crippen LogP contribution is 2.28. The van der Waals surface area contributed by atoms with E-state index < -0.39 is 5.91 Å². The van der Waals surface area contributed by atoms with E-state index in [0.717, 1.165) is 42.1 Å². The Labute approximate surface area is 175 Å². The molecule has 0 fully saturated rings. The van der Waals surface area contributed by atoms with Crippen LogP contribution in [0.2, 0.25) is 0 Å². The number of amides is 1. The predicted octanol–water partition coefficient (Wildman–Crippen LogP) is 3.81. The molecule has 3 rings (SSSR count). The first kappa shape index (κ1) is 21.4. The fraction of sp³-hybridized carbons (Fsp3) is 0.261. The molecule has 0 saturated carbocycles. The number of methoxy groups -OCH3 is 1. The van der Waals surface area contributed by atoms with Crippen molar-refractivity contribution in [2.75, 3.05) is 20.3 Å². The van der Waals surface area contributed by atoms with E-state index in [1.54, 1.807) is 18.7 Å². The molecule has 0 radical (unpaired) electrons. The zero-order valence-electron chi connectivity index (χ0n) is 17.1. The number of hydrogen-bond donors (Lipinski definition) is 3. The van der Waals surface area contributed by atoms with Gasteiger partial charge in [-0.15, -0.1) is 0 Å². The Morgan fingerprint density at radius 3 is 2.50 bits per heavy atom. The molecule has 1 aromatic heterocycles. The predicted molar refractivity (Wildman–Crippen MR) is 113 cm³/mol. The van der Waals surface area contributed by atoms with Crippen LogP contribution in [0.4, 0.5) is 0 Å². The summed E-state index contributed by atoms with van der Waals surface area (Å²) < 4.78 is 16.4. The number of nitrogens with one attached hydrogen (secondary N) is 2. The molecule has 0 aliphatic carbocycles. The lowest BCUT2D eigenvalue weighted by Crippen LogP contribution is -2.17. The van der Waals surface area contributed by atoms with Gasteiger partial charge in [0, 0.05) is 12.1 Å². The number of furan rings is 1. The van der Waals surface area contributed by atoms with Crippen LogP contribution >= 0.6 is 0 Å². The normalized spacial score (nSPS) is 10.6. The maximum atomic E-state index is 11.4. The summed E-state index contributed by atoms with van der Waals surface area (Å²) in [5.74, 6) is 1.47. The van der Waals surface area contributed by atoms with Gasteiger partial charge in [-0.3, -0.25) is 10.0 Å². The van der Waals surface area contributed by atoms with E-state index in [4.69, 9.17) is 19.1 Å². The minimum absolute atomic E-state index is 0.0594. The Hall–Kier alpha value is -3.29. The summed E-state index contributed by atoms with van der Waals surface area (Å²) in [4.78, 5) is 11.4. The fourth-order valence-corrected chi connectivity index (χ4v) is 3.06. The van der Waals surface area contributed by atoms with E-state index in [1.165, 1.54) is 11.6 Å². The summed E-state index contributed by atoms with van der Waals surface area (Å²) >= 11 is 0. The van der Waals surface area contributed by atoms with Gasteiger partial charge in [-0.2, -0.15) is 0 Å². The number of benzene rings is 2. The lowest BCUT2D eigenvalue weighted by molar-refractivity contribution is 0.0677. The molecule has 1 amide bonds. The average Bonchev–Trinajstić information content (AvgIpc) is 3.28. The molecule has 0 spiro atoms. The minimum atomic E-state index is -0.674. The highest BCUT2D eigenvalue weighted by molar-refractivity contribution is 5.91. The van der Waals surface area contributed by atoms with Gasteiger partial charge in [-0.25, -0.2) is 5.48 Å².